The molecule has 0 aliphatic carbocycles. The topological polar surface area (TPSA) is 85.5 Å². The molecule has 1 aromatic heterocycles. The van der Waals surface area contributed by atoms with Crippen molar-refractivity contribution in [3.63, 3.8) is 0 Å². The highest BCUT2D eigenvalue weighted by Gasteiger charge is 2.21. The predicted octanol–water partition coefficient (Wildman–Crippen LogP) is 6.02. The summed E-state index contributed by atoms with van der Waals surface area (Å²) in [5, 5.41) is 2.92. The van der Waals surface area contributed by atoms with Gasteiger partial charge in [-0.2, -0.15) is 0 Å². The van der Waals surface area contributed by atoms with Gasteiger partial charge in [-0.05, 0) is 29.3 Å². The Labute approximate surface area is 215 Å². The van der Waals surface area contributed by atoms with Gasteiger partial charge in [0, 0.05) is 23.4 Å². The number of anilines is 1. The summed E-state index contributed by atoms with van der Waals surface area (Å²) in [5.41, 5.74) is 4.85. The van der Waals surface area contributed by atoms with E-state index in [1.807, 2.05) is 48.5 Å². The van der Waals surface area contributed by atoms with Crippen LogP contribution >= 0.6 is 0 Å². The van der Waals surface area contributed by atoms with Crippen molar-refractivity contribution in [3.05, 3.63) is 114 Å². The molecule has 1 amide bonds. The zero-order valence-corrected chi connectivity index (χ0v) is 20.8. The van der Waals surface area contributed by atoms with Crippen LogP contribution in [0.2, 0.25) is 0 Å². The molecule has 5 aromatic rings. The van der Waals surface area contributed by atoms with Crippen LogP contribution in [0.1, 0.15) is 33.2 Å². The molecular weight excluding hydrogens is 466 g/mol. The van der Waals surface area contributed by atoms with Crippen LogP contribution in [0.5, 0.6) is 17.2 Å². The number of imidazole rings is 1. The van der Waals surface area contributed by atoms with E-state index in [0.717, 1.165) is 28.0 Å². The number of hydrogen-bond donors (Lipinski definition) is 2. The molecule has 0 unspecified atom stereocenters. The Kier molecular flexibility index (Phi) is 6.76. The van der Waals surface area contributed by atoms with Crippen LogP contribution in [0.4, 0.5) is 5.69 Å². The van der Waals surface area contributed by atoms with Crippen LogP contribution in [0.25, 0.3) is 11.0 Å². The largest absolute Gasteiger partial charge is 0.493 e. The van der Waals surface area contributed by atoms with Gasteiger partial charge in [0.05, 0.1) is 38.3 Å². The maximum Gasteiger partial charge on any atom is 0.255 e. The number of rotatable bonds is 8. The number of aromatic nitrogens is 2. The normalized spacial score (nSPS) is 10.9. The van der Waals surface area contributed by atoms with Crippen LogP contribution in [0.3, 0.4) is 0 Å². The van der Waals surface area contributed by atoms with Crippen molar-refractivity contribution in [3.8, 4) is 17.2 Å². The molecule has 0 aliphatic heterocycles. The molecular formula is C30H27N3O4. The predicted molar refractivity (Wildman–Crippen MR) is 144 cm³/mol. The van der Waals surface area contributed by atoms with Gasteiger partial charge < -0.3 is 24.5 Å². The summed E-state index contributed by atoms with van der Waals surface area (Å²) in [6.07, 6.45) is 0. The Morgan fingerprint density at radius 1 is 0.784 bits per heavy atom. The summed E-state index contributed by atoms with van der Waals surface area (Å²) < 4.78 is 16.1. The lowest BCUT2D eigenvalue weighted by atomic mass is 9.91. The van der Waals surface area contributed by atoms with Crippen LogP contribution in [0.15, 0.2) is 91.0 Å². The first kappa shape index (κ1) is 23.9. The number of fused-ring (bicyclic) bond motifs is 1. The molecule has 186 valence electrons. The number of ether oxygens (including phenoxy) is 3. The first-order valence-corrected chi connectivity index (χ1v) is 11.8. The second-order valence-electron chi connectivity index (χ2n) is 8.48. The number of H-pyrrole nitrogens is 1. The second-order valence-corrected chi connectivity index (χ2v) is 8.48. The number of nitrogens with one attached hydrogen (secondary N) is 2. The molecule has 0 saturated carbocycles. The number of methoxy groups -OCH3 is 3. The fourth-order valence-corrected chi connectivity index (χ4v) is 4.46. The number of amides is 1. The molecule has 7 nitrogen and oxygen atoms in total. The van der Waals surface area contributed by atoms with Crippen LogP contribution in [-0.2, 0) is 0 Å². The fourth-order valence-electron chi connectivity index (χ4n) is 4.46. The lowest BCUT2D eigenvalue weighted by Crippen LogP contribution is -2.12. The molecule has 0 spiro atoms. The van der Waals surface area contributed by atoms with Gasteiger partial charge in [0.1, 0.15) is 5.82 Å². The number of benzene rings is 4. The number of carbonyl (C=O) groups excluding carboxylic acids is 1. The van der Waals surface area contributed by atoms with E-state index in [1.165, 1.54) is 21.3 Å². The van der Waals surface area contributed by atoms with Crippen molar-refractivity contribution >= 4 is 22.6 Å². The van der Waals surface area contributed by atoms with Crippen molar-refractivity contribution in [2.75, 3.05) is 26.6 Å². The Balaban J connectivity index is 1.47. The molecule has 1 heterocycles. The smallest absolute Gasteiger partial charge is 0.255 e. The zero-order valence-electron chi connectivity index (χ0n) is 20.8. The van der Waals surface area contributed by atoms with Gasteiger partial charge in [0.15, 0.2) is 11.5 Å². The Morgan fingerprint density at radius 3 is 1.92 bits per heavy atom. The third kappa shape index (κ3) is 4.84. The molecule has 0 saturated heterocycles. The van der Waals surface area contributed by atoms with Crippen LogP contribution < -0.4 is 19.5 Å². The van der Waals surface area contributed by atoms with Gasteiger partial charge in [-0.15, -0.1) is 0 Å². The van der Waals surface area contributed by atoms with E-state index in [-0.39, 0.29) is 11.8 Å². The summed E-state index contributed by atoms with van der Waals surface area (Å²) >= 11 is 0. The zero-order chi connectivity index (χ0) is 25.8. The number of nitrogens with zero attached hydrogens (tertiary/aromatic N) is 1. The third-order valence-electron chi connectivity index (χ3n) is 6.22. The van der Waals surface area contributed by atoms with E-state index < -0.39 is 0 Å². The van der Waals surface area contributed by atoms with Gasteiger partial charge in [-0.3, -0.25) is 4.79 Å². The van der Waals surface area contributed by atoms with E-state index in [2.05, 4.69) is 34.6 Å². The van der Waals surface area contributed by atoms with Gasteiger partial charge in [-0.25, -0.2) is 4.98 Å². The van der Waals surface area contributed by atoms with E-state index in [1.54, 1.807) is 18.2 Å². The molecule has 0 bridgehead atoms. The van der Waals surface area contributed by atoms with Crippen molar-refractivity contribution in [1.29, 1.82) is 0 Å². The second kappa shape index (κ2) is 10.5. The van der Waals surface area contributed by atoms with Gasteiger partial charge in [-0.1, -0.05) is 60.7 Å². The van der Waals surface area contributed by atoms with E-state index in [4.69, 9.17) is 19.2 Å². The lowest BCUT2D eigenvalue weighted by Gasteiger charge is -2.15. The van der Waals surface area contributed by atoms with Crippen LogP contribution in [0, 0.1) is 0 Å². The van der Waals surface area contributed by atoms with Crippen molar-refractivity contribution in [2.24, 2.45) is 0 Å². The minimum absolute atomic E-state index is 0.0636. The van der Waals surface area contributed by atoms with E-state index >= 15 is 0 Å². The molecule has 5 rings (SSSR count). The summed E-state index contributed by atoms with van der Waals surface area (Å²) in [6, 6.07) is 29.3. The summed E-state index contributed by atoms with van der Waals surface area (Å²) in [6.45, 7) is 0. The van der Waals surface area contributed by atoms with Gasteiger partial charge >= 0.3 is 0 Å². The molecule has 2 N–H and O–H groups in total. The average molecular weight is 494 g/mol. The van der Waals surface area contributed by atoms with E-state index in [9.17, 15) is 4.79 Å². The minimum Gasteiger partial charge on any atom is -0.493 e. The SMILES string of the molecule is COc1cc(NC(=O)c2ccc3nc(C(c4ccccc4)c4ccccc4)[nH]c3c2)cc(OC)c1OC. The minimum atomic E-state index is -0.269. The maximum absolute atomic E-state index is 13.1. The highest BCUT2D eigenvalue weighted by atomic mass is 16.5. The van der Waals surface area contributed by atoms with Gasteiger partial charge in [0.25, 0.3) is 5.91 Å². The van der Waals surface area contributed by atoms with Gasteiger partial charge in [0.2, 0.25) is 5.75 Å². The van der Waals surface area contributed by atoms with Crippen LogP contribution in [-0.4, -0.2) is 37.2 Å². The van der Waals surface area contributed by atoms with E-state index in [0.29, 0.717) is 28.5 Å². The summed E-state index contributed by atoms with van der Waals surface area (Å²) in [4.78, 5) is 21.5. The highest BCUT2D eigenvalue weighted by molar-refractivity contribution is 6.06. The Bertz CT molecular complexity index is 1470. The van der Waals surface area contributed by atoms with Crippen molar-refractivity contribution in [2.45, 2.75) is 5.92 Å². The number of carbonyl (C=O) groups is 1. The highest BCUT2D eigenvalue weighted by Crippen LogP contribution is 2.40. The maximum atomic E-state index is 13.1. The molecule has 0 atom stereocenters. The molecule has 0 radical (unpaired) electrons. The lowest BCUT2D eigenvalue weighted by molar-refractivity contribution is 0.102. The summed E-state index contributed by atoms with van der Waals surface area (Å²) in [7, 11) is 4.60. The monoisotopic (exact) mass is 493 g/mol. The number of aromatic amines is 1. The van der Waals surface area contributed by atoms with Crippen molar-refractivity contribution in [1.82, 2.24) is 9.97 Å². The standard InChI is InChI=1S/C30H27N3O4/c1-35-25-17-22(18-26(36-2)28(25)37-3)31-30(34)21-14-15-23-24(16-21)33-29(32-23)27(19-10-6-4-7-11-19)20-12-8-5-9-13-20/h4-18,27H,1-3H3,(H,31,34)(H,32,33). The third-order valence-corrected chi connectivity index (χ3v) is 6.22. The first-order valence-electron chi connectivity index (χ1n) is 11.8. The van der Waals surface area contributed by atoms with Crippen molar-refractivity contribution < 1.29 is 19.0 Å². The first-order chi connectivity index (χ1) is 18.1. The molecule has 0 aliphatic rings. The Morgan fingerprint density at radius 2 is 1.38 bits per heavy atom. The molecule has 37 heavy (non-hydrogen) atoms. The summed E-state index contributed by atoms with van der Waals surface area (Å²) in [5.74, 6) is 1.86. The quantitative estimate of drug-likeness (QED) is 0.276. The Hall–Kier alpha value is -4.78. The molecule has 7 heteroatoms. The molecule has 4 aromatic carbocycles. The number of hydrogen-bond acceptors (Lipinski definition) is 5. The average Bonchev–Trinajstić information content (AvgIpc) is 3.36. The fraction of sp³-hybridized carbons (Fsp3) is 0.133. The molecule has 0 fully saturated rings.